The standard InChI is InChI=1S/C10H12.C4H10/c1-2-6-10-8-4-3-7-9(10)5-1;1-3-4-2/h1-2,5-6H,3-4,7-8H2;3-4H2,1-2H3. The van der Waals surface area contributed by atoms with Gasteiger partial charge >= 0.3 is 0 Å². The first-order chi connectivity index (χ1) is 6.88. The van der Waals surface area contributed by atoms with Crippen LogP contribution in [-0.2, 0) is 12.8 Å². The summed E-state index contributed by atoms with van der Waals surface area (Å²) in [4.78, 5) is 0. The second-order valence-corrected chi connectivity index (χ2v) is 3.98. The molecule has 0 heteroatoms. The molecule has 0 atom stereocenters. The lowest BCUT2D eigenvalue weighted by Gasteiger charge is -2.13. The normalized spacial score (nSPS) is 13.9. The van der Waals surface area contributed by atoms with E-state index >= 15 is 0 Å². The lowest BCUT2D eigenvalue weighted by Crippen LogP contribution is -2.00. The summed E-state index contributed by atoms with van der Waals surface area (Å²) in [7, 11) is 0. The minimum absolute atomic E-state index is 1.30. The molecule has 1 aromatic carbocycles. The molecule has 0 amide bonds. The molecule has 0 aromatic heterocycles. The molecule has 1 aliphatic rings. The number of fused-ring (bicyclic) bond motifs is 1. The van der Waals surface area contributed by atoms with Crippen molar-refractivity contribution < 1.29 is 0 Å². The molecule has 1 aliphatic carbocycles. The third kappa shape index (κ3) is 3.53. The number of unbranched alkanes of at least 4 members (excludes halogenated alkanes) is 1. The third-order valence-electron chi connectivity index (χ3n) is 2.76. The van der Waals surface area contributed by atoms with Crippen molar-refractivity contribution in [1.82, 2.24) is 0 Å². The topological polar surface area (TPSA) is 0 Å². The Morgan fingerprint density at radius 2 is 1.29 bits per heavy atom. The molecule has 0 fully saturated rings. The number of hydrogen-bond acceptors (Lipinski definition) is 0. The van der Waals surface area contributed by atoms with Crippen LogP contribution in [0.15, 0.2) is 24.3 Å². The van der Waals surface area contributed by atoms with Crippen molar-refractivity contribution in [3.63, 3.8) is 0 Å². The van der Waals surface area contributed by atoms with Gasteiger partial charge < -0.3 is 0 Å². The van der Waals surface area contributed by atoms with Crippen LogP contribution in [0.2, 0.25) is 0 Å². The monoisotopic (exact) mass is 190 g/mol. The van der Waals surface area contributed by atoms with Crippen molar-refractivity contribution in [2.75, 3.05) is 0 Å². The fourth-order valence-electron chi connectivity index (χ4n) is 1.68. The highest BCUT2D eigenvalue weighted by atomic mass is 14.1. The average Bonchev–Trinajstić information content (AvgIpc) is 2.30. The summed E-state index contributed by atoms with van der Waals surface area (Å²) in [5, 5.41) is 0. The van der Waals surface area contributed by atoms with Gasteiger partial charge in [0.1, 0.15) is 0 Å². The maximum absolute atomic E-state index is 2.26. The average molecular weight is 190 g/mol. The second-order valence-electron chi connectivity index (χ2n) is 3.98. The molecule has 0 unspecified atom stereocenters. The number of hydrogen-bond donors (Lipinski definition) is 0. The first-order valence-corrected chi connectivity index (χ1v) is 5.95. The van der Waals surface area contributed by atoms with Crippen molar-refractivity contribution in [2.24, 2.45) is 0 Å². The fraction of sp³-hybridized carbons (Fsp3) is 0.571. The first kappa shape index (κ1) is 11.3. The van der Waals surface area contributed by atoms with Gasteiger partial charge in [0.2, 0.25) is 0 Å². The van der Waals surface area contributed by atoms with Crippen molar-refractivity contribution in [3.8, 4) is 0 Å². The smallest absolute Gasteiger partial charge is 0.0276 e. The minimum atomic E-state index is 1.30. The summed E-state index contributed by atoms with van der Waals surface area (Å²) < 4.78 is 0. The summed E-state index contributed by atoms with van der Waals surface area (Å²) in [6.45, 7) is 4.36. The van der Waals surface area contributed by atoms with Crippen molar-refractivity contribution >= 4 is 0 Å². The highest BCUT2D eigenvalue weighted by molar-refractivity contribution is 5.28. The van der Waals surface area contributed by atoms with Crippen molar-refractivity contribution in [2.45, 2.75) is 52.4 Å². The van der Waals surface area contributed by atoms with Gasteiger partial charge in [-0.25, -0.2) is 0 Å². The Hall–Kier alpha value is -0.780. The van der Waals surface area contributed by atoms with E-state index in [2.05, 4.69) is 38.1 Å². The van der Waals surface area contributed by atoms with E-state index < -0.39 is 0 Å². The van der Waals surface area contributed by atoms with E-state index in [1.165, 1.54) is 38.5 Å². The van der Waals surface area contributed by atoms with Gasteiger partial charge in [-0.3, -0.25) is 0 Å². The highest BCUT2D eigenvalue weighted by Gasteiger charge is 2.05. The maximum Gasteiger partial charge on any atom is -0.0276 e. The number of aryl methyl sites for hydroxylation is 2. The SMILES string of the molecule is CCCC.c1ccc2c(c1)CCCC2. The molecule has 1 aromatic rings. The largest absolute Gasteiger partial charge is 0.0654 e. The second kappa shape index (κ2) is 6.64. The molecule has 0 bridgehead atoms. The van der Waals surface area contributed by atoms with E-state index in [-0.39, 0.29) is 0 Å². The molecule has 0 nitrogen and oxygen atoms in total. The van der Waals surface area contributed by atoms with Crippen LogP contribution in [0.1, 0.15) is 50.7 Å². The van der Waals surface area contributed by atoms with E-state index in [0.717, 1.165) is 0 Å². The zero-order valence-electron chi connectivity index (χ0n) is 9.55. The predicted molar refractivity (Wildman–Crippen MR) is 63.7 cm³/mol. The van der Waals surface area contributed by atoms with E-state index in [0.29, 0.717) is 0 Å². The van der Waals surface area contributed by atoms with Crippen molar-refractivity contribution in [1.29, 1.82) is 0 Å². The molecular formula is C14H22. The third-order valence-corrected chi connectivity index (χ3v) is 2.76. The Labute approximate surface area is 88.4 Å². The molecule has 0 spiro atoms. The van der Waals surface area contributed by atoms with E-state index in [1.807, 2.05) is 0 Å². The molecule has 0 saturated heterocycles. The number of rotatable bonds is 1. The Bertz CT molecular complexity index is 223. The fourth-order valence-corrected chi connectivity index (χ4v) is 1.68. The van der Waals surface area contributed by atoms with Gasteiger partial charge in [0.15, 0.2) is 0 Å². The predicted octanol–water partition coefficient (Wildman–Crippen LogP) is 4.37. The molecule has 0 aliphatic heterocycles. The Balaban J connectivity index is 0.000000213. The molecule has 0 saturated carbocycles. The van der Waals surface area contributed by atoms with Crippen LogP contribution in [0.25, 0.3) is 0 Å². The van der Waals surface area contributed by atoms with Gasteiger partial charge in [-0.05, 0) is 36.8 Å². The van der Waals surface area contributed by atoms with Crippen LogP contribution in [0.5, 0.6) is 0 Å². The van der Waals surface area contributed by atoms with E-state index in [1.54, 1.807) is 11.1 Å². The van der Waals surface area contributed by atoms with Gasteiger partial charge in [0, 0.05) is 0 Å². The quantitative estimate of drug-likeness (QED) is 0.617. The van der Waals surface area contributed by atoms with E-state index in [9.17, 15) is 0 Å². The molecule has 78 valence electrons. The van der Waals surface area contributed by atoms with E-state index in [4.69, 9.17) is 0 Å². The van der Waals surface area contributed by atoms with Crippen LogP contribution < -0.4 is 0 Å². The Morgan fingerprint density at radius 1 is 0.857 bits per heavy atom. The molecule has 0 heterocycles. The summed E-state index contributed by atoms with van der Waals surface area (Å²) >= 11 is 0. The van der Waals surface area contributed by atoms with Crippen LogP contribution in [-0.4, -0.2) is 0 Å². The maximum atomic E-state index is 2.26. The van der Waals surface area contributed by atoms with Crippen LogP contribution in [0.4, 0.5) is 0 Å². The summed E-state index contributed by atoms with van der Waals surface area (Å²) in [5.41, 5.74) is 3.16. The van der Waals surface area contributed by atoms with Gasteiger partial charge in [-0.15, -0.1) is 0 Å². The lowest BCUT2D eigenvalue weighted by atomic mass is 9.92. The number of benzene rings is 1. The molecule has 0 radical (unpaired) electrons. The first-order valence-electron chi connectivity index (χ1n) is 5.95. The zero-order valence-corrected chi connectivity index (χ0v) is 9.55. The van der Waals surface area contributed by atoms with Crippen molar-refractivity contribution in [3.05, 3.63) is 35.4 Å². The van der Waals surface area contributed by atoms with Gasteiger partial charge in [-0.1, -0.05) is 51.0 Å². The molecule has 2 rings (SSSR count). The molecule has 0 N–H and O–H groups in total. The summed E-state index contributed by atoms with van der Waals surface area (Å²) in [5.74, 6) is 0. The van der Waals surface area contributed by atoms with Gasteiger partial charge in [0.05, 0.1) is 0 Å². The van der Waals surface area contributed by atoms with Crippen LogP contribution in [0, 0.1) is 0 Å². The van der Waals surface area contributed by atoms with Crippen LogP contribution >= 0.6 is 0 Å². The Morgan fingerprint density at radius 3 is 1.64 bits per heavy atom. The molecular weight excluding hydrogens is 168 g/mol. The molecule has 14 heavy (non-hydrogen) atoms. The van der Waals surface area contributed by atoms with Gasteiger partial charge in [-0.2, -0.15) is 0 Å². The Kier molecular flexibility index (Phi) is 5.36. The zero-order chi connectivity index (χ0) is 10.2. The lowest BCUT2D eigenvalue weighted by molar-refractivity contribution is 0.685. The van der Waals surface area contributed by atoms with Crippen LogP contribution in [0.3, 0.4) is 0 Å². The summed E-state index contributed by atoms with van der Waals surface area (Å²) in [6.07, 6.45) is 8.01. The minimum Gasteiger partial charge on any atom is -0.0654 e. The summed E-state index contributed by atoms with van der Waals surface area (Å²) in [6, 6.07) is 8.80. The van der Waals surface area contributed by atoms with Gasteiger partial charge in [0.25, 0.3) is 0 Å². The highest BCUT2D eigenvalue weighted by Crippen LogP contribution is 2.19.